The topological polar surface area (TPSA) is 47.3 Å². The number of benzene rings is 1. The molecule has 0 fully saturated rings. The van der Waals surface area contributed by atoms with Gasteiger partial charge in [-0.15, -0.1) is 6.58 Å². The average molecular weight is 220 g/mol. The monoisotopic (exact) mass is 220 g/mol. The van der Waals surface area contributed by atoms with Crippen LogP contribution in [0.2, 0.25) is 0 Å². The third-order valence-electron chi connectivity index (χ3n) is 2.47. The zero-order valence-electron chi connectivity index (χ0n) is 9.99. The molecule has 0 saturated carbocycles. The summed E-state index contributed by atoms with van der Waals surface area (Å²) in [6, 6.07) is 8.28. The summed E-state index contributed by atoms with van der Waals surface area (Å²) in [6.07, 6.45) is 1.79. The van der Waals surface area contributed by atoms with Gasteiger partial charge in [-0.25, -0.2) is 0 Å². The van der Waals surface area contributed by atoms with Crippen LogP contribution in [0.25, 0.3) is 0 Å². The van der Waals surface area contributed by atoms with Crippen LogP contribution in [-0.2, 0) is 6.42 Å². The first-order valence-corrected chi connectivity index (χ1v) is 5.39. The molecule has 16 heavy (non-hydrogen) atoms. The van der Waals surface area contributed by atoms with Crippen molar-refractivity contribution >= 4 is 0 Å². The smallest absolute Gasteiger partial charge is 0.118 e. The highest BCUT2D eigenvalue weighted by Crippen LogP contribution is 2.14. The van der Waals surface area contributed by atoms with E-state index in [2.05, 4.69) is 24.1 Å². The second-order valence-electron chi connectivity index (χ2n) is 4.08. The summed E-state index contributed by atoms with van der Waals surface area (Å²) >= 11 is 0. The molecule has 1 aromatic carbocycles. The standard InChI is InChI=1S/C13H20N2O/c1-10(2)8-12(15-14)9-11-4-6-13(16-3)7-5-11/h4-7,12,15H,1,8-9,14H2,2-3H3. The average Bonchev–Trinajstić information content (AvgIpc) is 2.28. The number of hydrogen-bond acceptors (Lipinski definition) is 3. The minimum absolute atomic E-state index is 0.242. The molecule has 0 amide bonds. The highest BCUT2D eigenvalue weighted by molar-refractivity contribution is 5.27. The Morgan fingerprint density at radius 3 is 2.50 bits per heavy atom. The van der Waals surface area contributed by atoms with E-state index in [0.717, 1.165) is 24.2 Å². The molecular formula is C13H20N2O. The van der Waals surface area contributed by atoms with E-state index >= 15 is 0 Å². The van der Waals surface area contributed by atoms with Gasteiger partial charge in [0, 0.05) is 6.04 Å². The Bertz CT molecular complexity index is 332. The molecule has 0 radical (unpaired) electrons. The van der Waals surface area contributed by atoms with Crippen LogP contribution in [0.5, 0.6) is 5.75 Å². The Labute approximate surface area is 97.3 Å². The van der Waals surface area contributed by atoms with E-state index in [9.17, 15) is 0 Å². The molecule has 0 aromatic heterocycles. The minimum Gasteiger partial charge on any atom is -0.497 e. The van der Waals surface area contributed by atoms with Crippen molar-refractivity contribution in [3.63, 3.8) is 0 Å². The maximum Gasteiger partial charge on any atom is 0.118 e. The summed E-state index contributed by atoms with van der Waals surface area (Å²) in [5.41, 5.74) is 5.19. The maximum absolute atomic E-state index is 5.51. The number of hydrogen-bond donors (Lipinski definition) is 2. The van der Waals surface area contributed by atoms with E-state index in [-0.39, 0.29) is 6.04 Å². The number of hydrazine groups is 1. The van der Waals surface area contributed by atoms with Crippen molar-refractivity contribution in [3.05, 3.63) is 42.0 Å². The summed E-state index contributed by atoms with van der Waals surface area (Å²) in [4.78, 5) is 0. The molecule has 0 heterocycles. The molecule has 0 saturated heterocycles. The molecule has 1 atom stereocenters. The normalized spacial score (nSPS) is 12.2. The van der Waals surface area contributed by atoms with Gasteiger partial charge in [-0.05, 0) is 37.5 Å². The Morgan fingerprint density at radius 1 is 1.44 bits per heavy atom. The van der Waals surface area contributed by atoms with Crippen molar-refractivity contribution in [2.24, 2.45) is 5.84 Å². The van der Waals surface area contributed by atoms with E-state index in [0.29, 0.717) is 0 Å². The lowest BCUT2D eigenvalue weighted by Gasteiger charge is -2.15. The van der Waals surface area contributed by atoms with Crippen LogP contribution in [0.4, 0.5) is 0 Å². The van der Waals surface area contributed by atoms with E-state index < -0.39 is 0 Å². The molecule has 1 rings (SSSR count). The largest absolute Gasteiger partial charge is 0.497 e. The predicted octanol–water partition coefficient (Wildman–Crippen LogP) is 2.04. The zero-order chi connectivity index (χ0) is 12.0. The molecule has 3 N–H and O–H groups in total. The van der Waals surface area contributed by atoms with Crippen LogP contribution in [0, 0.1) is 0 Å². The van der Waals surface area contributed by atoms with Crippen LogP contribution < -0.4 is 16.0 Å². The van der Waals surface area contributed by atoms with Crippen LogP contribution in [0.1, 0.15) is 18.9 Å². The Balaban J connectivity index is 2.59. The Morgan fingerprint density at radius 2 is 2.06 bits per heavy atom. The number of ether oxygens (including phenoxy) is 1. The van der Waals surface area contributed by atoms with Crippen molar-refractivity contribution in [1.82, 2.24) is 5.43 Å². The van der Waals surface area contributed by atoms with Gasteiger partial charge in [-0.2, -0.15) is 0 Å². The fraction of sp³-hybridized carbons (Fsp3) is 0.385. The minimum atomic E-state index is 0.242. The molecule has 0 aliphatic heterocycles. The fourth-order valence-corrected chi connectivity index (χ4v) is 1.66. The van der Waals surface area contributed by atoms with Crippen LogP contribution in [-0.4, -0.2) is 13.2 Å². The zero-order valence-corrected chi connectivity index (χ0v) is 9.99. The van der Waals surface area contributed by atoms with Gasteiger partial charge in [-0.3, -0.25) is 11.3 Å². The van der Waals surface area contributed by atoms with Crippen molar-refractivity contribution in [3.8, 4) is 5.75 Å². The van der Waals surface area contributed by atoms with Crippen molar-refractivity contribution in [1.29, 1.82) is 0 Å². The second-order valence-corrected chi connectivity index (χ2v) is 4.08. The number of rotatable bonds is 6. The lowest BCUT2D eigenvalue weighted by Crippen LogP contribution is -2.36. The van der Waals surface area contributed by atoms with Gasteiger partial charge >= 0.3 is 0 Å². The van der Waals surface area contributed by atoms with E-state index in [4.69, 9.17) is 10.6 Å². The highest BCUT2D eigenvalue weighted by Gasteiger charge is 2.07. The molecule has 88 valence electrons. The lowest BCUT2D eigenvalue weighted by molar-refractivity contribution is 0.414. The molecule has 1 unspecified atom stereocenters. The molecule has 0 aliphatic carbocycles. The molecular weight excluding hydrogens is 200 g/mol. The summed E-state index contributed by atoms with van der Waals surface area (Å²) in [6.45, 7) is 5.91. The van der Waals surface area contributed by atoms with Crippen LogP contribution >= 0.6 is 0 Å². The van der Waals surface area contributed by atoms with Gasteiger partial charge in [0.05, 0.1) is 7.11 Å². The summed E-state index contributed by atoms with van der Waals surface area (Å²) in [5, 5.41) is 0. The number of nitrogens with one attached hydrogen (secondary N) is 1. The van der Waals surface area contributed by atoms with Gasteiger partial charge in [0.2, 0.25) is 0 Å². The van der Waals surface area contributed by atoms with Crippen molar-refractivity contribution in [2.75, 3.05) is 7.11 Å². The molecule has 0 aliphatic rings. The number of methoxy groups -OCH3 is 1. The highest BCUT2D eigenvalue weighted by atomic mass is 16.5. The fourth-order valence-electron chi connectivity index (χ4n) is 1.66. The first kappa shape index (κ1) is 12.7. The summed E-state index contributed by atoms with van der Waals surface area (Å²) in [7, 11) is 1.67. The van der Waals surface area contributed by atoms with Crippen molar-refractivity contribution < 1.29 is 4.74 Å². The molecule has 0 spiro atoms. The van der Waals surface area contributed by atoms with Gasteiger partial charge < -0.3 is 4.74 Å². The summed E-state index contributed by atoms with van der Waals surface area (Å²) in [5.74, 6) is 6.39. The molecule has 1 aromatic rings. The first-order valence-electron chi connectivity index (χ1n) is 5.39. The van der Waals surface area contributed by atoms with Gasteiger partial charge in [0.25, 0.3) is 0 Å². The summed E-state index contributed by atoms with van der Waals surface area (Å²) < 4.78 is 5.11. The van der Waals surface area contributed by atoms with E-state index in [1.165, 1.54) is 5.56 Å². The Kier molecular flexibility index (Phi) is 5.02. The maximum atomic E-state index is 5.51. The number of nitrogens with two attached hydrogens (primary N) is 1. The molecule has 0 bridgehead atoms. The van der Waals surface area contributed by atoms with Crippen molar-refractivity contribution in [2.45, 2.75) is 25.8 Å². The molecule has 3 nitrogen and oxygen atoms in total. The second kappa shape index (κ2) is 6.30. The van der Waals surface area contributed by atoms with E-state index in [1.807, 2.05) is 19.1 Å². The SMILES string of the molecule is C=C(C)CC(Cc1ccc(OC)cc1)NN. The lowest BCUT2D eigenvalue weighted by atomic mass is 10.0. The van der Waals surface area contributed by atoms with Gasteiger partial charge in [0.15, 0.2) is 0 Å². The van der Waals surface area contributed by atoms with Gasteiger partial charge in [0.1, 0.15) is 5.75 Å². The van der Waals surface area contributed by atoms with Crippen LogP contribution in [0.3, 0.4) is 0 Å². The van der Waals surface area contributed by atoms with Gasteiger partial charge in [-0.1, -0.05) is 17.7 Å². The third-order valence-corrected chi connectivity index (χ3v) is 2.47. The van der Waals surface area contributed by atoms with Crippen LogP contribution in [0.15, 0.2) is 36.4 Å². The molecule has 3 heteroatoms. The Hall–Kier alpha value is -1.32. The third kappa shape index (κ3) is 4.04. The first-order chi connectivity index (χ1) is 7.65. The predicted molar refractivity (Wildman–Crippen MR) is 67.2 cm³/mol. The van der Waals surface area contributed by atoms with E-state index in [1.54, 1.807) is 7.11 Å². The quantitative estimate of drug-likeness (QED) is 0.438.